The number of rotatable bonds is 7. The zero-order valence-electron chi connectivity index (χ0n) is 30.2. The fraction of sp³-hybridized carbons (Fsp3) is 0.368. The van der Waals surface area contributed by atoms with Crippen molar-refractivity contribution in [3.63, 3.8) is 0 Å². The predicted molar refractivity (Wildman–Crippen MR) is 193 cm³/mol. The zero-order valence-corrected chi connectivity index (χ0v) is 30.2. The van der Waals surface area contributed by atoms with Gasteiger partial charge in [-0.25, -0.2) is 0 Å². The number of alkyl halides is 3. The minimum absolute atomic E-state index is 0.0185. The largest absolute Gasteiger partial charge is 0.508 e. The first-order valence-electron chi connectivity index (χ1n) is 17.5. The fourth-order valence-electron chi connectivity index (χ4n) is 6.17. The van der Waals surface area contributed by atoms with Crippen molar-refractivity contribution in [2.75, 3.05) is 6.54 Å². The highest BCUT2D eigenvalue weighted by Crippen LogP contribution is 2.30. The molecule has 1 saturated heterocycles. The number of phenols is 1. The lowest BCUT2D eigenvalue weighted by molar-refractivity contribution is -0.137. The lowest BCUT2D eigenvalue weighted by Gasteiger charge is -2.27. The van der Waals surface area contributed by atoms with Crippen molar-refractivity contribution < 1.29 is 47.0 Å². The van der Waals surface area contributed by atoms with Gasteiger partial charge in [-0.3, -0.25) is 28.8 Å². The van der Waals surface area contributed by atoms with Crippen molar-refractivity contribution >= 4 is 35.4 Å². The summed E-state index contributed by atoms with van der Waals surface area (Å²) in [4.78, 5) is 80.3. The summed E-state index contributed by atoms with van der Waals surface area (Å²) in [5.41, 5.74) is 13.0. The number of hydrogen-bond donors (Lipinski definition) is 8. The Labute approximate surface area is 315 Å². The summed E-state index contributed by atoms with van der Waals surface area (Å²) in [7, 11) is 0. The number of carbonyl (C=O) groups is 6. The van der Waals surface area contributed by atoms with Crippen LogP contribution in [0.5, 0.6) is 5.75 Å². The second kappa shape index (κ2) is 18.4. The van der Waals surface area contributed by atoms with Gasteiger partial charge in [-0.05, 0) is 91.6 Å². The third-order valence-corrected chi connectivity index (χ3v) is 9.17. The highest BCUT2D eigenvalue weighted by molar-refractivity contribution is 5.97. The number of halogens is 3. The van der Waals surface area contributed by atoms with Crippen molar-refractivity contribution in [2.45, 2.75) is 82.3 Å². The van der Waals surface area contributed by atoms with Crippen LogP contribution >= 0.6 is 0 Å². The van der Waals surface area contributed by atoms with Crippen LogP contribution in [0.15, 0.2) is 66.7 Å². The summed E-state index contributed by atoms with van der Waals surface area (Å²) in [5.74, 6) is -5.20. The van der Waals surface area contributed by atoms with E-state index in [1.54, 1.807) is 32.0 Å². The molecule has 0 saturated carbocycles. The summed E-state index contributed by atoms with van der Waals surface area (Å²) in [5, 5.41) is 22.6. The Morgan fingerprint density at radius 1 is 0.855 bits per heavy atom. The Hall–Kier alpha value is -5.97. The Kier molecular flexibility index (Phi) is 14.0. The number of carbonyl (C=O) groups excluding carboxylic acids is 6. The van der Waals surface area contributed by atoms with E-state index in [9.17, 15) is 47.0 Å². The molecule has 1 aliphatic rings. The maximum Gasteiger partial charge on any atom is 0.416 e. The molecule has 0 aliphatic carbocycles. The number of phenolic OH excluding ortho intramolecular Hbond substituents is 1. The number of benzene rings is 3. The van der Waals surface area contributed by atoms with Gasteiger partial charge in [-0.15, -0.1) is 0 Å². The molecule has 0 spiro atoms. The zero-order chi connectivity index (χ0) is 40.4. The smallest absolute Gasteiger partial charge is 0.416 e. The van der Waals surface area contributed by atoms with E-state index in [1.807, 2.05) is 0 Å². The van der Waals surface area contributed by atoms with Gasteiger partial charge in [-0.2, -0.15) is 13.2 Å². The molecule has 17 heteroatoms. The predicted octanol–water partition coefficient (Wildman–Crippen LogP) is 1.76. The van der Waals surface area contributed by atoms with Crippen LogP contribution in [0.1, 0.15) is 71.1 Å². The minimum Gasteiger partial charge on any atom is -0.508 e. The standard InChI is InChI=1S/C38H44F3N7O7/c1-20-16-25(49)17-21(2)26(20)18-27(42)34(52)45-28-10-6-7-15-44-30(50)19-29(33(43)51)46-36(54)31(22-8-4-3-5-9-22)48-37(55)32(47-35(28)53)23-11-13-24(14-12-23)38(39,40)41/h3-5,8-9,11-14,16-17,27-29,31-32,49H,6-7,10,15,18-19,42H2,1-2H3,(H2,43,51)(H,44,50)(H,45,52)(H,46,54)(H,47,53)(H,48,55)/t27-,28+,29-,31-,32-/m0/s1. The topological polar surface area (TPSA) is 235 Å². The molecule has 14 nitrogen and oxygen atoms in total. The second-order valence-corrected chi connectivity index (χ2v) is 13.4. The van der Waals surface area contributed by atoms with Gasteiger partial charge in [0.15, 0.2) is 0 Å². The summed E-state index contributed by atoms with van der Waals surface area (Å²) >= 11 is 0. The van der Waals surface area contributed by atoms with Crippen molar-refractivity contribution in [3.8, 4) is 5.75 Å². The Balaban J connectivity index is 1.71. The number of primary amides is 1. The molecule has 1 fully saturated rings. The van der Waals surface area contributed by atoms with Gasteiger partial charge < -0.3 is 43.2 Å². The van der Waals surface area contributed by atoms with Gasteiger partial charge in [0.25, 0.3) is 0 Å². The molecule has 0 unspecified atom stereocenters. The summed E-state index contributed by atoms with van der Waals surface area (Å²) in [6, 6.07) is 7.05. The Bertz CT molecular complexity index is 1870. The monoisotopic (exact) mass is 767 g/mol. The van der Waals surface area contributed by atoms with E-state index >= 15 is 0 Å². The van der Waals surface area contributed by atoms with Crippen LogP contribution in [-0.2, 0) is 41.4 Å². The molecule has 0 bridgehead atoms. The highest BCUT2D eigenvalue weighted by Gasteiger charge is 2.35. The molecule has 10 N–H and O–H groups in total. The molecule has 5 atom stereocenters. The van der Waals surface area contributed by atoms with Crippen molar-refractivity contribution in [3.05, 3.63) is 100 Å². The van der Waals surface area contributed by atoms with E-state index in [4.69, 9.17) is 11.5 Å². The van der Waals surface area contributed by atoms with Gasteiger partial charge in [0.05, 0.1) is 18.0 Å². The average Bonchev–Trinajstić information content (AvgIpc) is 3.12. The average molecular weight is 768 g/mol. The summed E-state index contributed by atoms with van der Waals surface area (Å²) in [6.45, 7) is 3.57. The number of aromatic hydroxyl groups is 1. The first-order valence-corrected chi connectivity index (χ1v) is 17.5. The maximum absolute atomic E-state index is 14.1. The van der Waals surface area contributed by atoms with Gasteiger partial charge in [0.2, 0.25) is 35.4 Å². The molecule has 3 aromatic rings. The third kappa shape index (κ3) is 11.5. The lowest BCUT2D eigenvalue weighted by atomic mass is 9.95. The van der Waals surface area contributed by atoms with Crippen molar-refractivity contribution in [2.24, 2.45) is 11.5 Å². The molecule has 1 aliphatic heterocycles. The van der Waals surface area contributed by atoms with E-state index in [1.165, 1.54) is 24.3 Å². The van der Waals surface area contributed by atoms with Gasteiger partial charge in [-0.1, -0.05) is 42.5 Å². The van der Waals surface area contributed by atoms with Crippen molar-refractivity contribution in [1.29, 1.82) is 0 Å². The van der Waals surface area contributed by atoms with E-state index in [-0.39, 0.29) is 49.1 Å². The van der Waals surface area contributed by atoms with E-state index < -0.39 is 83.8 Å². The molecule has 4 rings (SSSR count). The van der Waals surface area contributed by atoms with E-state index in [0.717, 1.165) is 24.3 Å². The lowest BCUT2D eigenvalue weighted by Crippen LogP contribution is -2.54. The molecular weight excluding hydrogens is 723 g/mol. The third-order valence-electron chi connectivity index (χ3n) is 9.17. The molecule has 1 heterocycles. The van der Waals surface area contributed by atoms with E-state index in [2.05, 4.69) is 26.6 Å². The quantitative estimate of drug-likeness (QED) is 0.176. The van der Waals surface area contributed by atoms with Gasteiger partial charge in [0.1, 0.15) is 29.9 Å². The van der Waals surface area contributed by atoms with Crippen LogP contribution in [0.25, 0.3) is 0 Å². The summed E-state index contributed by atoms with van der Waals surface area (Å²) < 4.78 is 40.4. The number of amides is 6. The first-order chi connectivity index (χ1) is 25.9. The normalized spacial score (nSPS) is 21.2. The summed E-state index contributed by atoms with van der Waals surface area (Å²) in [6.07, 6.45) is -4.67. The van der Waals surface area contributed by atoms with Crippen LogP contribution in [0.2, 0.25) is 0 Å². The molecule has 3 aromatic carbocycles. The van der Waals surface area contributed by atoms with Crippen LogP contribution in [0.3, 0.4) is 0 Å². The maximum atomic E-state index is 14.1. The highest BCUT2D eigenvalue weighted by atomic mass is 19.4. The van der Waals surface area contributed by atoms with E-state index in [0.29, 0.717) is 16.7 Å². The van der Waals surface area contributed by atoms with Crippen LogP contribution in [0.4, 0.5) is 13.2 Å². The molecule has 0 radical (unpaired) electrons. The minimum atomic E-state index is -4.71. The number of nitrogens with two attached hydrogens (primary N) is 2. The number of hydrogen-bond acceptors (Lipinski definition) is 8. The second-order valence-electron chi connectivity index (χ2n) is 13.4. The van der Waals surface area contributed by atoms with Crippen molar-refractivity contribution in [1.82, 2.24) is 26.6 Å². The molecule has 55 heavy (non-hydrogen) atoms. The molecular formula is C38H44F3N7O7. The van der Waals surface area contributed by atoms with Gasteiger partial charge >= 0.3 is 6.18 Å². The fourth-order valence-corrected chi connectivity index (χ4v) is 6.17. The first kappa shape index (κ1) is 41.8. The number of nitrogens with one attached hydrogen (secondary N) is 5. The van der Waals surface area contributed by atoms with Crippen LogP contribution < -0.4 is 38.1 Å². The number of aryl methyl sites for hydroxylation is 2. The Morgan fingerprint density at radius 2 is 1.42 bits per heavy atom. The van der Waals surface area contributed by atoms with Crippen LogP contribution in [-0.4, -0.2) is 65.2 Å². The molecule has 6 amide bonds. The molecule has 0 aromatic heterocycles. The Morgan fingerprint density at radius 3 is 2.00 bits per heavy atom. The van der Waals surface area contributed by atoms with Crippen LogP contribution in [0, 0.1) is 13.8 Å². The SMILES string of the molecule is Cc1cc(O)cc(C)c1C[C@H](N)C(=O)N[C@@H]1CCCCNC(=O)C[C@@H](C(N)=O)NC(=O)[C@H](c2ccccc2)NC(=O)[C@H](c2ccc(C(F)(F)F)cc2)NC1=O. The van der Waals surface area contributed by atoms with Gasteiger partial charge in [0, 0.05) is 6.54 Å². The molecule has 294 valence electrons.